The molecule has 0 aliphatic carbocycles. The van der Waals surface area contributed by atoms with Crippen molar-refractivity contribution >= 4 is 40.8 Å². The van der Waals surface area contributed by atoms with Gasteiger partial charge in [-0.05, 0) is 24.3 Å². The first-order valence-corrected chi connectivity index (χ1v) is 6.84. The Morgan fingerprint density at radius 3 is 1.61 bits per heavy atom. The maximum absolute atomic E-state index is 6.09. The molecule has 0 aliphatic heterocycles. The molecule has 3 heteroatoms. The van der Waals surface area contributed by atoms with E-state index in [2.05, 4.69) is 26.0 Å². The van der Waals surface area contributed by atoms with Crippen LogP contribution in [0.2, 0.25) is 15.9 Å². The van der Waals surface area contributed by atoms with Gasteiger partial charge in [-0.15, -0.1) is 0 Å². The van der Waals surface area contributed by atoms with Crippen molar-refractivity contribution in [1.29, 1.82) is 0 Å². The molecular formula is C15H15BCl2. The summed E-state index contributed by atoms with van der Waals surface area (Å²) in [6.07, 6.45) is 0. The van der Waals surface area contributed by atoms with Crippen LogP contribution in [0, 0.1) is 0 Å². The third-order valence-electron chi connectivity index (χ3n) is 3.08. The third-order valence-corrected chi connectivity index (χ3v) is 3.55. The largest absolute Gasteiger partial charge is 0.211 e. The van der Waals surface area contributed by atoms with Gasteiger partial charge in [0.25, 0.3) is 0 Å². The Kier molecular flexibility index (Phi) is 4.37. The van der Waals surface area contributed by atoms with Crippen molar-refractivity contribution in [3.8, 4) is 0 Å². The highest BCUT2D eigenvalue weighted by Crippen LogP contribution is 2.13. The highest BCUT2D eigenvalue weighted by Gasteiger charge is 2.23. The van der Waals surface area contributed by atoms with Gasteiger partial charge in [0, 0.05) is 10.0 Å². The van der Waals surface area contributed by atoms with Crippen LogP contribution in [0.4, 0.5) is 0 Å². The van der Waals surface area contributed by atoms with Gasteiger partial charge in [-0.2, -0.15) is 0 Å². The lowest BCUT2D eigenvalue weighted by molar-refractivity contribution is 1.05. The molecule has 0 aliphatic rings. The summed E-state index contributed by atoms with van der Waals surface area (Å²) >= 11 is 12.2. The number of hydrogen-bond donors (Lipinski definition) is 0. The minimum atomic E-state index is 0.322. The van der Waals surface area contributed by atoms with Crippen LogP contribution in [0.15, 0.2) is 48.5 Å². The lowest BCUT2D eigenvalue weighted by Gasteiger charge is -2.19. The molecule has 0 aromatic heterocycles. The zero-order chi connectivity index (χ0) is 13.1. The normalized spacial score (nSPS) is 10.7. The van der Waals surface area contributed by atoms with Gasteiger partial charge in [-0.3, -0.25) is 0 Å². The summed E-state index contributed by atoms with van der Waals surface area (Å²) in [4.78, 5) is 0. The van der Waals surface area contributed by atoms with E-state index in [-0.39, 0.29) is 0 Å². The molecule has 0 nitrogen and oxygen atoms in total. The summed E-state index contributed by atoms with van der Waals surface area (Å²) in [7, 11) is 0. The molecule has 0 saturated carbocycles. The molecule has 0 fully saturated rings. The smallest absolute Gasteiger partial charge is 0.0844 e. The SMILES string of the molecule is CC(C)B(c1cccc(Cl)c1)c1cccc(Cl)c1. The van der Waals surface area contributed by atoms with E-state index in [1.807, 2.05) is 36.4 Å². The highest BCUT2D eigenvalue weighted by atomic mass is 35.5. The summed E-state index contributed by atoms with van der Waals surface area (Å²) in [5.74, 6) is 0.488. The van der Waals surface area contributed by atoms with E-state index in [1.54, 1.807) is 0 Å². The summed E-state index contributed by atoms with van der Waals surface area (Å²) in [6.45, 7) is 4.75. The van der Waals surface area contributed by atoms with Crippen LogP contribution in [0.5, 0.6) is 0 Å². The fourth-order valence-corrected chi connectivity index (χ4v) is 2.76. The molecule has 0 radical (unpaired) electrons. The Bertz CT molecular complexity index is 492. The second-order valence-corrected chi connectivity index (χ2v) is 5.70. The first-order chi connectivity index (χ1) is 8.58. The fraction of sp³-hybridized carbons (Fsp3) is 0.200. The van der Waals surface area contributed by atoms with Crippen molar-refractivity contribution in [3.63, 3.8) is 0 Å². The Labute approximate surface area is 119 Å². The van der Waals surface area contributed by atoms with Gasteiger partial charge in [0.1, 0.15) is 0 Å². The van der Waals surface area contributed by atoms with Crippen LogP contribution in [-0.2, 0) is 0 Å². The van der Waals surface area contributed by atoms with Gasteiger partial charge in [0.15, 0.2) is 0 Å². The molecule has 0 saturated heterocycles. The minimum absolute atomic E-state index is 0.322. The van der Waals surface area contributed by atoms with Crippen LogP contribution in [-0.4, -0.2) is 6.71 Å². The predicted molar refractivity (Wildman–Crippen MR) is 83.0 cm³/mol. The van der Waals surface area contributed by atoms with Gasteiger partial charge in [-0.25, -0.2) is 0 Å². The van der Waals surface area contributed by atoms with E-state index in [9.17, 15) is 0 Å². The maximum Gasteiger partial charge on any atom is 0.211 e. The molecular weight excluding hydrogens is 262 g/mol. The van der Waals surface area contributed by atoms with Crippen LogP contribution >= 0.6 is 23.2 Å². The zero-order valence-electron chi connectivity index (χ0n) is 10.5. The molecule has 0 N–H and O–H groups in total. The summed E-state index contributed by atoms with van der Waals surface area (Å²) in [6, 6.07) is 16.1. The molecule has 2 rings (SSSR count). The van der Waals surface area contributed by atoms with E-state index < -0.39 is 0 Å². The van der Waals surface area contributed by atoms with E-state index in [0.29, 0.717) is 12.5 Å². The van der Waals surface area contributed by atoms with Crippen LogP contribution in [0.3, 0.4) is 0 Å². The second kappa shape index (κ2) is 5.82. The molecule has 0 amide bonds. The highest BCUT2D eigenvalue weighted by molar-refractivity contribution is 6.86. The van der Waals surface area contributed by atoms with Crippen molar-refractivity contribution in [2.24, 2.45) is 0 Å². The third kappa shape index (κ3) is 3.10. The molecule has 2 aromatic carbocycles. The van der Waals surface area contributed by atoms with Crippen molar-refractivity contribution in [2.75, 3.05) is 0 Å². The molecule has 92 valence electrons. The first kappa shape index (κ1) is 13.5. The maximum atomic E-state index is 6.09. The Hall–Kier alpha value is -0.915. The van der Waals surface area contributed by atoms with E-state index in [0.717, 1.165) is 10.0 Å². The van der Waals surface area contributed by atoms with Gasteiger partial charge in [0.05, 0.1) is 0 Å². The molecule has 0 unspecified atom stereocenters. The van der Waals surface area contributed by atoms with Crippen molar-refractivity contribution in [2.45, 2.75) is 19.7 Å². The van der Waals surface area contributed by atoms with Gasteiger partial charge in [0.2, 0.25) is 6.71 Å². The summed E-state index contributed by atoms with van der Waals surface area (Å²) < 4.78 is 0. The fourth-order valence-electron chi connectivity index (χ4n) is 2.36. The second-order valence-electron chi connectivity index (χ2n) is 4.83. The molecule has 0 heterocycles. The van der Waals surface area contributed by atoms with Gasteiger partial charge >= 0.3 is 0 Å². The number of rotatable bonds is 3. The van der Waals surface area contributed by atoms with Crippen molar-refractivity contribution in [1.82, 2.24) is 0 Å². The van der Waals surface area contributed by atoms with Crippen molar-refractivity contribution in [3.05, 3.63) is 58.6 Å². The quantitative estimate of drug-likeness (QED) is 0.743. The van der Waals surface area contributed by atoms with E-state index in [1.165, 1.54) is 10.9 Å². The molecule has 18 heavy (non-hydrogen) atoms. The molecule has 0 bridgehead atoms. The van der Waals surface area contributed by atoms with Crippen LogP contribution in [0.25, 0.3) is 0 Å². The summed E-state index contributed by atoms with van der Waals surface area (Å²) in [5, 5.41) is 1.56. The molecule has 0 spiro atoms. The Balaban J connectivity index is 2.46. The van der Waals surface area contributed by atoms with Gasteiger partial charge in [-0.1, -0.05) is 78.1 Å². The lowest BCUT2D eigenvalue weighted by atomic mass is 9.34. The topological polar surface area (TPSA) is 0 Å². The zero-order valence-corrected chi connectivity index (χ0v) is 12.0. The first-order valence-electron chi connectivity index (χ1n) is 6.09. The van der Waals surface area contributed by atoms with E-state index >= 15 is 0 Å². The average molecular weight is 277 g/mol. The van der Waals surface area contributed by atoms with E-state index in [4.69, 9.17) is 23.2 Å². The van der Waals surface area contributed by atoms with Crippen molar-refractivity contribution < 1.29 is 0 Å². The predicted octanol–water partition coefficient (Wildman–Crippen LogP) is 4.01. The standard InChI is InChI=1S/C15H15BCl2/c1-11(2)16(12-5-3-7-14(17)9-12)13-6-4-8-15(18)10-13/h3-11H,1-2H3. The van der Waals surface area contributed by atoms with Gasteiger partial charge < -0.3 is 0 Å². The minimum Gasteiger partial charge on any atom is -0.0844 e. The number of hydrogen-bond acceptors (Lipinski definition) is 0. The number of halogens is 2. The average Bonchev–Trinajstić information content (AvgIpc) is 2.28. The summed E-state index contributed by atoms with van der Waals surface area (Å²) in [5.41, 5.74) is 2.47. The number of benzene rings is 2. The molecule has 0 atom stereocenters. The van der Waals surface area contributed by atoms with Crippen LogP contribution in [0.1, 0.15) is 13.8 Å². The Morgan fingerprint density at radius 2 is 1.28 bits per heavy atom. The lowest BCUT2D eigenvalue weighted by Crippen LogP contribution is -2.44. The molecule has 2 aromatic rings. The Morgan fingerprint density at radius 1 is 0.833 bits per heavy atom. The monoisotopic (exact) mass is 276 g/mol. The van der Waals surface area contributed by atoms with Crippen LogP contribution < -0.4 is 10.9 Å².